The van der Waals surface area contributed by atoms with Crippen molar-refractivity contribution in [3.05, 3.63) is 59.2 Å². The summed E-state index contributed by atoms with van der Waals surface area (Å²) in [7, 11) is 0. The van der Waals surface area contributed by atoms with Gasteiger partial charge in [-0.05, 0) is 50.1 Å². The van der Waals surface area contributed by atoms with Crippen LogP contribution in [0.2, 0.25) is 0 Å². The first kappa shape index (κ1) is 16.1. The van der Waals surface area contributed by atoms with E-state index in [1.54, 1.807) is 23.1 Å². The van der Waals surface area contributed by atoms with Crippen LogP contribution in [0.15, 0.2) is 42.5 Å². The summed E-state index contributed by atoms with van der Waals surface area (Å²) in [5.41, 5.74) is 9.64. The summed E-state index contributed by atoms with van der Waals surface area (Å²) in [6.07, 6.45) is 0.597. The molecule has 3 rings (SSSR count). The number of nitrogens with two attached hydrogens (primary N) is 1. The lowest BCUT2D eigenvalue weighted by molar-refractivity contribution is -0.118. The molecular formula is C19H21N3O2. The van der Waals surface area contributed by atoms with Gasteiger partial charge >= 0.3 is 0 Å². The minimum absolute atomic E-state index is 0.0752. The Kier molecular flexibility index (Phi) is 4.25. The van der Waals surface area contributed by atoms with E-state index in [2.05, 4.69) is 5.32 Å². The van der Waals surface area contributed by atoms with Crippen LogP contribution in [-0.4, -0.2) is 24.4 Å². The van der Waals surface area contributed by atoms with Crippen molar-refractivity contribution in [2.45, 2.75) is 26.3 Å². The molecule has 1 aliphatic rings. The SMILES string of the molecule is Cc1ccc(N2CCC(NC(=O)c3cc(N)ccc3C)C2=O)cc1. The van der Waals surface area contributed by atoms with Crippen molar-refractivity contribution in [2.24, 2.45) is 0 Å². The van der Waals surface area contributed by atoms with Gasteiger partial charge < -0.3 is 16.0 Å². The Balaban J connectivity index is 1.72. The monoisotopic (exact) mass is 323 g/mol. The Hall–Kier alpha value is -2.82. The highest BCUT2D eigenvalue weighted by molar-refractivity contribution is 6.04. The van der Waals surface area contributed by atoms with Crippen molar-refractivity contribution in [3.8, 4) is 0 Å². The molecule has 124 valence electrons. The molecule has 2 amide bonds. The number of hydrogen-bond acceptors (Lipinski definition) is 3. The number of nitrogens with one attached hydrogen (secondary N) is 1. The normalized spacial score (nSPS) is 17.2. The number of anilines is 2. The van der Waals surface area contributed by atoms with Crippen molar-refractivity contribution in [3.63, 3.8) is 0 Å². The highest BCUT2D eigenvalue weighted by Crippen LogP contribution is 2.22. The Morgan fingerprint density at radius 3 is 2.58 bits per heavy atom. The van der Waals surface area contributed by atoms with Crippen molar-refractivity contribution in [1.29, 1.82) is 0 Å². The zero-order chi connectivity index (χ0) is 17.3. The molecular weight excluding hydrogens is 302 g/mol. The molecule has 5 heteroatoms. The quantitative estimate of drug-likeness (QED) is 0.852. The molecule has 0 radical (unpaired) electrons. The third-order valence-corrected chi connectivity index (χ3v) is 4.36. The van der Waals surface area contributed by atoms with E-state index < -0.39 is 6.04 Å². The van der Waals surface area contributed by atoms with Gasteiger partial charge in [0.1, 0.15) is 6.04 Å². The predicted molar refractivity (Wildman–Crippen MR) is 95.0 cm³/mol. The number of hydrogen-bond donors (Lipinski definition) is 2. The number of rotatable bonds is 3. The standard InChI is InChI=1S/C19H21N3O2/c1-12-3-7-15(8-4-12)22-10-9-17(19(22)24)21-18(23)16-11-14(20)6-5-13(16)2/h3-8,11,17H,9-10,20H2,1-2H3,(H,21,23). The van der Waals surface area contributed by atoms with Crippen LogP contribution in [0.1, 0.15) is 27.9 Å². The Morgan fingerprint density at radius 2 is 1.88 bits per heavy atom. The van der Waals surface area contributed by atoms with Crippen LogP contribution in [-0.2, 0) is 4.79 Å². The lowest BCUT2D eigenvalue weighted by Crippen LogP contribution is -2.41. The van der Waals surface area contributed by atoms with E-state index in [1.807, 2.05) is 38.1 Å². The molecule has 1 heterocycles. The Labute approximate surface area is 141 Å². The van der Waals surface area contributed by atoms with Crippen LogP contribution in [0.3, 0.4) is 0 Å². The molecule has 1 unspecified atom stereocenters. The second-order valence-corrected chi connectivity index (χ2v) is 6.21. The fourth-order valence-electron chi connectivity index (χ4n) is 2.92. The van der Waals surface area contributed by atoms with Gasteiger partial charge in [-0.15, -0.1) is 0 Å². The van der Waals surface area contributed by atoms with Crippen LogP contribution in [0, 0.1) is 13.8 Å². The maximum atomic E-state index is 12.6. The number of nitrogens with zero attached hydrogens (tertiary/aromatic N) is 1. The molecule has 1 saturated heterocycles. The highest BCUT2D eigenvalue weighted by Gasteiger charge is 2.33. The average molecular weight is 323 g/mol. The first-order valence-electron chi connectivity index (χ1n) is 8.01. The molecule has 3 N–H and O–H groups in total. The third-order valence-electron chi connectivity index (χ3n) is 4.36. The third kappa shape index (κ3) is 3.11. The van der Waals surface area contributed by atoms with Crippen molar-refractivity contribution >= 4 is 23.2 Å². The van der Waals surface area contributed by atoms with Gasteiger partial charge in [-0.2, -0.15) is 0 Å². The molecule has 1 aliphatic heterocycles. The second-order valence-electron chi connectivity index (χ2n) is 6.21. The van der Waals surface area contributed by atoms with Gasteiger partial charge in [0.15, 0.2) is 0 Å². The van der Waals surface area contributed by atoms with Crippen molar-refractivity contribution in [2.75, 3.05) is 17.2 Å². The molecule has 5 nitrogen and oxygen atoms in total. The minimum Gasteiger partial charge on any atom is -0.399 e. The largest absolute Gasteiger partial charge is 0.399 e. The van der Waals surface area contributed by atoms with E-state index in [1.165, 1.54) is 0 Å². The molecule has 0 spiro atoms. The molecule has 2 aromatic carbocycles. The van der Waals surface area contributed by atoms with E-state index >= 15 is 0 Å². The lowest BCUT2D eigenvalue weighted by atomic mass is 10.1. The summed E-state index contributed by atoms with van der Waals surface area (Å²) in [6.45, 7) is 4.46. The van der Waals surface area contributed by atoms with Gasteiger partial charge in [0.05, 0.1) is 0 Å². The summed E-state index contributed by atoms with van der Waals surface area (Å²) in [5, 5.41) is 2.84. The molecule has 0 bridgehead atoms. The van der Waals surface area contributed by atoms with Gasteiger partial charge in [-0.1, -0.05) is 23.8 Å². The zero-order valence-corrected chi connectivity index (χ0v) is 13.9. The van der Waals surface area contributed by atoms with E-state index in [0.717, 1.165) is 16.8 Å². The van der Waals surface area contributed by atoms with Gasteiger partial charge in [-0.25, -0.2) is 0 Å². The highest BCUT2D eigenvalue weighted by atomic mass is 16.2. The van der Waals surface area contributed by atoms with Gasteiger partial charge in [0, 0.05) is 23.5 Å². The number of aryl methyl sites for hydroxylation is 2. The Morgan fingerprint density at radius 1 is 1.17 bits per heavy atom. The van der Waals surface area contributed by atoms with Gasteiger partial charge in [-0.3, -0.25) is 9.59 Å². The van der Waals surface area contributed by atoms with Crippen LogP contribution >= 0.6 is 0 Å². The lowest BCUT2D eigenvalue weighted by Gasteiger charge is -2.18. The topological polar surface area (TPSA) is 75.4 Å². The molecule has 0 aliphatic carbocycles. The summed E-state index contributed by atoms with van der Waals surface area (Å²) >= 11 is 0. The van der Waals surface area contributed by atoms with Crippen LogP contribution in [0.25, 0.3) is 0 Å². The van der Waals surface area contributed by atoms with Crippen LogP contribution in [0.4, 0.5) is 11.4 Å². The number of amides is 2. The zero-order valence-electron chi connectivity index (χ0n) is 13.9. The van der Waals surface area contributed by atoms with E-state index in [-0.39, 0.29) is 11.8 Å². The average Bonchev–Trinajstić information content (AvgIpc) is 2.91. The van der Waals surface area contributed by atoms with E-state index in [9.17, 15) is 9.59 Å². The molecule has 0 aromatic heterocycles. The predicted octanol–water partition coefficient (Wildman–Crippen LogP) is 2.42. The van der Waals surface area contributed by atoms with Crippen molar-refractivity contribution in [1.82, 2.24) is 5.32 Å². The minimum atomic E-state index is -0.500. The summed E-state index contributed by atoms with van der Waals surface area (Å²) in [4.78, 5) is 26.8. The van der Waals surface area contributed by atoms with E-state index in [4.69, 9.17) is 5.73 Å². The van der Waals surface area contributed by atoms with Gasteiger partial charge in [0.25, 0.3) is 5.91 Å². The van der Waals surface area contributed by atoms with Gasteiger partial charge in [0.2, 0.25) is 5.91 Å². The van der Waals surface area contributed by atoms with Crippen LogP contribution < -0.4 is 16.0 Å². The first-order chi connectivity index (χ1) is 11.5. The van der Waals surface area contributed by atoms with E-state index in [0.29, 0.717) is 24.2 Å². The molecule has 1 fully saturated rings. The number of carbonyl (C=O) groups excluding carboxylic acids is 2. The fraction of sp³-hybridized carbons (Fsp3) is 0.263. The maximum absolute atomic E-state index is 12.6. The second kappa shape index (κ2) is 6.35. The summed E-state index contributed by atoms with van der Waals surface area (Å²) in [6, 6.07) is 12.5. The summed E-state index contributed by atoms with van der Waals surface area (Å²) < 4.78 is 0. The number of benzene rings is 2. The van der Waals surface area contributed by atoms with Crippen LogP contribution in [0.5, 0.6) is 0 Å². The first-order valence-corrected chi connectivity index (χ1v) is 8.01. The fourth-order valence-corrected chi connectivity index (χ4v) is 2.92. The molecule has 2 aromatic rings. The molecule has 1 atom stereocenters. The number of carbonyl (C=O) groups is 2. The number of nitrogen functional groups attached to an aromatic ring is 1. The molecule has 24 heavy (non-hydrogen) atoms. The maximum Gasteiger partial charge on any atom is 0.252 e. The molecule has 0 saturated carbocycles. The smallest absolute Gasteiger partial charge is 0.252 e. The van der Waals surface area contributed by atoms with Crippen molar-refractivity contribution < 1.29 is 9.59 Å². The summed E-state index contributed by atoms with van der Waals surface area (Å²) in [5.74, 6) is -0.335. The Bertz CT molecular complexity index is 784.